The Morgan fingerprint density at radius 3 is 2.54 bits per heavy atom. The number of amides is 1. The summed E-state index contributed by atoms with van der Waals surface area (Å²) in [5, 5.41) is 6.87. The maximum absolute atomic E-state index is 12.9. The number of rotatable bonds is 9. The van der Waals surface area contributed by atoms with E-state index in [4.69, 9.17) is 4.52 Å². The first kappa shape index (κ1) is 25.1. The van der Waals surface area contributed by atoms with Crippen molar-refractivity contribution in [2.45, 2.75) is 63.3 Å². The first-order chi connectivity index (χ1) is 16.8. The number of benzene rings is 2. The first-order valence-corrected chi connectivity index (χ1v) is 13.6. The lowest BCUT2D eigenvalue weighted by molar-refractivity contribution is -0.121. The molecule has 0 saturated carbocycles. The molecule has 0 spiro atoms. The summed E-state index contributed by atoms with van der Waals surface area (Å²) in [4.78, 5) is 17.0. The normalized spacial score (nSPS) is 14.8. The Morgan fingerprint density at radius 2 is 1.83 bits per heavy atom. The van der Waals surface area contributed by atoms with E-state index in [0.29, 0.717) is 37.1 Å². The lowest BCUT2D eigenvalue weighted by atomic mass is 10.0. The molecular weight excluding hydrogens is 464 g/mol. The van der Waals surface area contributed by atoms with Gasteiger partial charge in [-0.25, -0.2) is 8.42 Å². The molecule has 0 aliphatic carbocycles. The van der Waals surface area contributed by atoms with Crippen LogP contribution in [0, 0.1) is 0 Å². The van der Waals surface area contributed by atoms with Crippen LogP contribution in [0.1, 0.15) is 62.5 Å². The number of nitrogens with one attached hydrogen (secondary N) is 1. The molecule has 4 rings (SSSR count). The summed E-state index contributed by atoms with van der Waals surface area (Å²) >= 11 is 0. The van der Waals surface area contributed by atoms with Crippen LogP contribution >= 0.6 is 0 Å². The second-order valence-corrected chi connectivity index (χ2v) is 11.1. The molecule has 3 aromatic rings. The zero-order valence-electron chi connectivity index (χ0n) is 20.2. The van der Waals surface area contributed by atoms with Gasteiger partial charge in [0.05, 0.1) is 4.90 Å². The Bertz CT molecular complexity index is 1250. The molecule has 1 fully saturated rings. The summed E-state index contributed by atoms with van der Waals surface area (Å²) in [5.74, 6) is 1.18. The number of sulfonamides is 1. The highest BCUT2D eigenvalue weighted by molar-refractivity contribution is 7.89. The largest absolute Gasteiger partial charge is 0.352 e. The fourth-order valence-electron chi connectivity index (χ4n) is 4.07. The van der Waals surface area contributed by atoms with Gasteiger partial charge in [0.15, 0.2) is 0 Å². The van der Waals surface area contributed by atoms with E-state index in [9.17, 15) is 13.2 Å². The fraction of sp³-hybridized carbons (Fsp3) is 0.423. The van der Waals surface area contributed by atoms with Crippen molar-refractivity contribution < 1.29 is 17.7 Å². The third kappa shape index (κ3) is 6.35. The third-order valence-corrected chi connectivity index (χ3v) is 8.11. The monoisotopic (exact) mass is 496 g/mol. The van der Waals surface area contributed by atoms with Crippen LogP contribution in [-0.4, -0.2) is 41.9 Å². The van der Waals surface area contributed by atoms with Crippen LogP contribution in [0.4, 0.5) is 0 Å². The van der Waals surface area contributed by atoms with E-state index in [1.54, 1.807) is 22.5 Å². The van der Waals surface area contributed by atoms with Crippen molar-refractivity contribution >= 4 is 15.9 Å². The Labute approximate surface area is 206 Å². The van der Waals surface area contributed by atoms with Crippen molar-refractivity contribution in [2.24, 2.45) is 0 Å². The zero-order chi connectivity index (χ0) is 24.8. The van der Waals surface area contributed by atoms with Crippen molar-refractivity contribution in [1.29, 1.82) is 0 Å². The van der Waals surface area contributed by atoms with E-state index < -0.39 is 10.0 Å². The molecule has 1 aromatic heterocycles. The van der Waals surface area contributed by atoms with Gasteiger partial charge in [-0.15, -0.1) is 0 Å². The van der Waals surface area contributed by atoms with Crippen LogP contribution in [0.2, 0.25) is 0 Å². The summed E-state index contributed by atoms with van der Waals surface area (Å²) in [7, 11) is -3.50. The molecule has 1 aliphatic heterocycles. The Kier molecular flexibility index (Phi) is 7.97. The number of hydrogen-bond donors (Lipinski definition) is 1. The van der Waals surface area contributed by atoms with Crippen molar-refractivity contribution in [3.05, 3.63) is 65.5 Å². The molecule has 1 N–H and O–H groups in total. The third-order valence-electron chi connectivity index (χ3n) is 6.21. The van der Waals surface area contributed by atoms with Gasteiger partial charge >= 0.3 is 0 Å². The molecule has 9 heteroatoms. The summed E-state index contributed by atoms with van der Waals surface area (Å²) in [5.41, 5.74) is 2.85. The number of hydrogen-bond acceptors (Lipinski definition) is 6. The van der Waals surface area contributed by atoms with Crippen LogP contribution in [0.15, 0.2) is 57.9 Å². The van der Waals surface area contributed by atoms with Gasteiger partial charge in [-0.2, -0.15) is 9.29 Å². The van der Waals surface area contributed by atoms with Gasteiger partial charge in [0.25, 0.3) is 0 Å². The van der Waals surface area contributed by atoms with E-state index in [-0.39, 0.29) is 23.8 Å². The highest BCUT2D eigenvalue weighted by atomic mass is 32.2. The van der Waals surface area contributed by atoms with Crippen molar-refractivity contribution in [2.75, 3.05) is 13.1 Å². The molecule has 2 aromatic carbocycles. The smallest absolute Gasteiger partial charge is 0.243 e. The average Bonchev–Trinajstić information content (AvgIpc) is 3.36. The Morgan fingerprint density at radius 1 is 1.09 bits per heavy atom. The van der Waals surface area contributed by atoms with E-state index in [2.05, 4.69) is 41.4 Å². The van der Waals surface area contributed by atoms with Gasteiger partial charge in [0, 0.05) is 38.0 Å². The molecule has 8 nitrogen and oxygen atoms in total. The first-order valence-electron chi connectivity index (χ1n) is 12.1. The number of aromatic nitrogens is 2. The minimum absolute atomic E-state index is 0.171. The predicted octanol–water partition coefficient (Wildman–Crippen LogP) is 4.28. The van der Waals surface area contributed by atoms with E-state index >= 15 is 0 Å². The van der Waals surface area contributed by atoms with E-state index in [1.807, 2.05) is 18.2 Å². The summed E-state index contributed by atoms with van der Waals surface area (Å²) < 4.78 is 32.7. The number of carbonyl (C=O) groups excluding carboxylic acids is 1. The Balaban J connectivity index is 1.29. The minimum atomic E-state index is -3.50. The number of piperidine rings is 1. The lowest BCUT2D eigenvalue weighted by Crippen LogP contribution is -2.35. The topological polar surface area (TPSA) is 105 Å². The quantitative estimate of drug-likeness (QED) is 0.474. The zero-order valence-corrected chi connectivity index (χ0v) is 21.1. The van der Waals surface area contributed by atoms with Gasteiger partial charge in [-0.1, -0.05) is 61.8 Å². The van der Waals surface area contributed by atoms with Gasteiger partial charge in [0.1, 0.15) is 0 Å². The molecule has 186 valence electrons. The Hall–Kier alpha value is -3.04. The maximum Gasteiger partial charge on any atom is 0.243 e. The lowest BCUT2D eigenvalue weighted by Gasteiger charge is -2.26. The van der Waals surface area contributed by atoms with Crippen LogP contribution in [0.25, 0.3) is 11.4 Å². The molecule has 0 radical (unpaired) electrons. The fourth-order valence-corrected chi connectivity index (χ4v) is 5.66. The highest BCUT2D eigenvalue weighted by Gasteiger charge is 2.26. The molecular formula is C26H32N4O4S. The summed E-state index contributed by atoms with van der Waals surface area (Å²) in [6.07, 6.45) is 3.36. The van der Waals surface area contributed by atoms with Gasteiger partial charge in [0.2, 0.25) is 27.6 Å². The van der Waals surface area contributed by atoms with E-state index in [1.165, 1.54) is 5.56 Å². The van der Waals surface area contributed by atoms with Crippen LogP contribution in [0.3, 0.4) is 0 Å². The molecule has 0 unspecified atom stereocenters. The van der Waals surface area contributed by atoms with E-state index in [0.717, 1.165) is 30.4 Å². The standard InChI is InChI=1S/C26H32N4O4S/c1-19(2)21-9-11-22(12-10-21)26-28-25(34-29-26)14-13-24(31)27-18-20-7-6-8-23(17-20)35(32,33)30-15-4-3-5-16-30/h6-12,17,19H,3-5,13-16,18H2,1-2H3,(H,27,31). The molecule has 0 atom stereocenters. The van der Waals surface area contributed by atoms with Crippen molar-refractivity contribution in [3.63, 3.8) is 0 Å². The molecule has 35 heavy (non-hydrogen) atoms. The van der Waals surface area contributed by atoms with Gasteiger partial charge in [-0.05, 0) is 42.0 Å². The van der Waals surface area contributed by atoms with Gasteiger partial charge < -0.3 is 9.84 Å². The summed E-state index contributed by atoms with van der Waals surface area (Å²) in [6.45, 7) is 5.65. The molecule has 1 aliphatic rings. The number of aryl methyl sites for hydroxylation is 1. The van der Waals surface area contributed by atoms with Crippen LogP contribution < -0.4 is 5.32 Å². The van der Waals surface area contributed by atoms with Crippen molar-refractivity contribution in [1.82, 2.24) is 19.8 Å². The molecule has 2 heterocycles. The second-order valence-electron chi connectivity index (χ2n) is 9.18. The van der Waals surface area contributed by atoms with Crippen molar-refractivity contribution in [3.8, 4) is 11.4 Å². The highest BCUT2D eigenvalue weighted by Crippen LogP contribution is 2.22. The number of carbonyl (C=O) groups is 1. The SMILES string of the molecule is CC(C)c1ccc(-c2noc(CCC(=O)NCc3cccc(S(=O)(=O)N4CCCCC4)c3)n2)cc1. The predicted molar refractivity (Wildman–Crippen MR) is 133 cm³/mol. The second kappa shape index (κ2) is 11.1. The molecule has 1 saturated heterocycles. The number of nitrogens with zero attached hydrogens (tertiary/aromatic N) is 3. The molecule has 1 amide bonds. The maximum atomic E-state index is 12.9. The van der Waals surface area contributed by atoms with Crippen LogP contribution in [-0.2, 0) is 27.8 Å². The average molecular weight is 497 g/mol. The van der Waals surface area contributed by atoms with Crippen LogP contribution in [0.5, 0.6) is 0 Å². The summed E-state index contributed by atoms with van der Waals surface area (Å²) in [6, 6.07) is 14.8. The molecule has 0 bridgehead atoms. The minimum Gasteiger partial charge on any atom is -0.352 e. The van der Waals surface area contributed by atoms with Gasteiger partial charge in [-0.3, -0.25) is 4.79 Å².